The van der Waals surface area contributed by atoms with Crippen molar-refractivity contribution in [2.24, 2.45) is 0 Å². The summed E-state index contributed by atoms with van der Waals surface area (Å²) in [5.41, 5.74) is 1.53. The van der Waals surface area contributed by atoms with Gasteiger partial charge in [-0.2, -0.15) is 0 Å². The molecule has 5 heteroatoms. The number of halogens is 2. The van der Waals surface area contributed by atoms with E-state index in [1.165, 1.54) is 12.1 Å². The molecular weight excluding hydrogens is 299 g/mol. The number of aryl methyl sites for hydroxylation is 1. The van der Waals surface area contributed by atoms with Crippen LogP contribution in [0.4, 0.5) is 0 Å². The predicted octanol–water partition coefficient (Wildman–Crippen LogP) is 4.33. The van der Waals surface area contributed by atoms with Gasteiger partial charge in [-0.15, -0.1) is 0 Å². The van der Waals surface area contributed by atoms with E-state index in [1.54, 1.807) is 24.3 Å². The minimum atomic E-state index is -0.586. The molecule has 0 heterocycles. The van der Waals surface area contributed by atoms with Gasteiger partial charge in [-0.3, -0.25) is 4.79 Å². The van der Waals surface area contributed by atoms with Crippen LogP contribution in [-0.2, 0) is 0 Å². The molecule has 20 heavy (non-hydrogen) atoms. The lowest BCUT2D eigenvalue weighted by Gasteiger charge is -2.09. The number of hydrogen-bond donors (Lipinski definition) is 0. The summed E-state index contributed by atoms with van der Waals surface area (Å²) < 4.78 is 5.19. The monoisotopic (exact) mass is 308 g/mol. The Hall–Kier alpha value is -1.84. The molecule has 3 nitrogen and oxygen atoms in total. The van der Waals surface area contributed by atoms with Gasteiger partial charge in [-0.05, 0) is 31.2 Å². The van der Waals surface area contributed by atoms with Crippen molar-refractivity contribution in [1.82, 2.24) is 0 Å². The quantitative estimate of drug-likeness (QED) is 0.481. The zero-order chi connectivity index (χ0) is 14.7. The average molecular weight is 309 g/mol. The number of carbonyl (C=O) groups excluding carboxylic acids is 2. The van der Waals surface area contributed by atoms with Crippen molar-refractivity contribution < 1.29 is 14.3 Å². The molecule has 0 aliphatic heterocycles. The van der Waals surface area contributed by atoms with Crippen molar-refractivity contribution in [3.63, 3.8) is 0 Å². The maximum absolute atomic E-state index is 12.0. The Balaban J connectivity index is 2.32. The molecule has 0 saturated carbocycles. The molecule has 0 unspecified atom stereocenters. The summed E-state index contributed by atoms with van der Waals surface area (Å²) in [5, 5.41) is 0.410. The van der Waals surface area contributed by atoms with Gasteiger partial charge in [-0.1, -0.05) is 40.9 Å². The molecule has 0 radical (unpaired) electrons. The third-order valence-electron chi connectivity index (χ3n) is 2.65. The molecule has 0 atom stereocenters. The Morgan fingerprint density at radius 1 is 1.15 bits per heavy atom. The molecule has 0 fully saturated rings. The molecule has 2 rings (SSSR count). The molecule has 0 aliphatic carbocycles. The van der Waals surface area contributed by atoms with Crippen molar-refractivity contribution in [2.45, 2.75) is 6.92 Å². The standard InChI is InChI=1S/C15H10Cl2O3/c1-9-2-4-10(5-3-9)15(19)20-14-11(8-18)6-12(16)7-13(14)17/h2-8H,1H3. The van der Waals surface area contributed by atoms with Gasteiger partial charge in [0.15, 0.2) is 12.0 Å². The molecule has 0 bridgehead atoms. The number of rotatable bonds is 3. The smallest absolute Gasteiger partial charge is 0.343 e. The Morgan fingerprint density at radius 3 is 2.40 bits per heavy atom. The van der Waals surface area contributed by atoms with Crippen LogP contribution in [0, 0.1) is 6.92 Å². The summed E-state index contributed by atoms with van der Waals surface area (Å²) in [5.74, 6) is -0.575. The first-order valence-electron chi connectivity index (χ1n) is 5.74. The van der Waals surface area contributed by atoms with Crippen LogP contribution in [-0.4, -0.2) is 12.3 Å². The van der Waals surface area contributed by atoms with Gasteiger partial charge < -0.3 is 4.74 Å². The fourth-order valence-corrected chi connectivity index (χ4v) is 2.16. The molecule has 0 saturated heterocycles. The van der Waals surface area contributed by atoms with Gasteiger partial charge in [-0.25, -0.2) is 4.79 Å². The second kappa shape index (κ2) is 6.07. The highest BCUT2D eigenvalue weighted by atomic mass is 35.5. The van der Waals surface area contributed by atoms with Crippen molar-refractivity contribution in [1.29, 1.82) is 0 Å². The van der Waals surface area contributed by atoms with Crippen LogP contribution in [0.5, 0.6) is 5.75 Å². The average Bonchev–Trinajstić information content (AvgIpc) is 2.42. The van der Waals surface area contributed by atoms with E-state index in [2.05, 4.69) is 0 Å². The van der Waals surface area contributed by atoms with E-state index in [0.29, 0.717) is 16.9 Å². The summed E-state index contributed by atoms with van der Waals surface area (Å²) in [7, 11) is 0. The number of benzene rings is 2. The van der Waals surface area contributed by atoms with Crippen molar-refractivity contribution in [3.8, 4) is 5.75 Å². The van der Waals surface area contributed by atoms with Gasteiger partial charge in [0.2, 0.25) is 0 Å². The fourth-order valence-electron chi connectivity index (χ4n) is 1.62. The summed E-state index contributed by atoms with van der Waals surface area (Å²) in [6.45, 7) is 1.91. The minimum absolute atomic E-state index is 0.0108. The largest absolute Gasteiger partial charge is 0.421 e. The first-order chi connectivity index (χ1) is 9.51. The van der Waals surface area contributed by atoms with Crippen molar-refractivity contribution >= 4 is 35.5 Å². The molecule has 2 aromatic rings. The molecule has 0 N–H and O–H groups in total. The van der Waals surface area contributed by atoms with E-state index in [-0.39, 0.29) is 16.3 Å². The first-order valence-corrected chi connectivity index (χ1v) is 6.50. The maximum atomic E-state index is 12.0. The van der Waals surface area contributed by atoms with Crippen LogP contribution in [0.15, 0.2) is 36.4 Å². The highest BCUT2D eigenvalue weighted by Crippen LogP contribution is 2.32. The van der Waals surface area contributed by atoms with Gasteiger partial charge in [0, 0.05) is 5.02 Å². The van der Waals surface area contributed by atoms with E-state index in [9.17, 15) is 9.59 Å². The lowest BCUT2D eigenvalue weighted by molar-refractivity contribution is 0.0733. The molecule has 102 valence electrons. The Morgan fingerprint density at radius 2 is 1.80 bits per heavy atom. The van der Waals surface area contributed by atoms with Crippen LogP contribution in [0.1, 0.15) is 26.3 Å². The normalized spacial score (nSPS) is 10.2. The molecular formula is C15H10Cl2O3. The SMILES string of the molecule is Cc1ccc(C(=O)Oc2c(Cl)cc(Cl)cc2C=O)cc1. The van der Waals surface area contributed by atoms with Crippen molar-refractivity contribution in [3.05, 3.63) is 63.1 Å². The van der Waals surface area contributed by atoms with Crippen LogP contribution >= 0.6 is 23.2 Å². The summed E-state index contributed by atoms with van der Waals surface area (Å²) >= 11 is 11.7. The topological polar surface area (TPSA) is 43.4 Å². The fraction of sp³-hybridized carbons (Fsp3) is 0.0667. The Kier molecular flexibility index (Phi) is 4.42. The highest BCUT2D eigenvalue weighted by Gasteiger charge is 2.15. The molecule has 0 amide bonds. The van der Waals surface area contributed by atoms with Gasteiger partial charge >= 0.3 is 5.97 Å². The van der Waals surface area contributed by atoms with E-state index < -0.39 is 5.97 Å². The van der Waals surface area contributed by atoms with E-state index >= 15 is 0 Å². The van der Waals surface area contributed by atoms with Crippen LogP contribution < -0.4 is 4.74 Å². The van der Waals surface area contributed by atoms with Gasteiger partial charge in [0.05, 0.1) is 16.1 Å². The predicted molar refractivity (Wildman–Crippen MR) is 78.0 cm³/mol. The highest BCUT2D eigenvalue weighted by molar-refractivity contribution is 6.36. The van der Waals surface area contributed by atoms with E-state index in [4.69, 9.17) is 27.9 Å². The minimum Gasteiger partial charge on any atom is -0.421 e. The van der Waals surface area contributed by atoms with E-state index in [1.807, 2.05) is 6.92 Å². The van der Waals surface area contributed by atoms with Gasteiger partial charge in [0.1, 0.15) is 0 Å². The molecule has 0 aromatic heterocycles. The van der Waals surface area contributed by atoms with Gasteiger partial charge in [0.25, 0.3) is 0 Å². The zero-order valence-electron chi connectivity index (χ0n) is 10.5. The number of carbonyl (C=O) groups is 2. The number of hydrogen-bond acceptors (Lipinski definition) is 3. The van der Waals surface area contributed by atoms with Crippen LogP contribution in [0.3, 0.4) is 0 Å². The Labute approximate surface area is 126 Å². The lowest BCUT2D eigenvalue weighted by Crippen LogP contribution is -2.10. The summed E-state index contributed by atoms with van der Waals surface area (Å²) in [6.07, 6.45) is 0.537. The summed E-state index contributed by atoms with van der Waals surface area (Å²) in [6, 6.07) is 9.66. The van der Waals surface area contributed by atoms with Crippen LogP contribution in [0.2, 0.25) is 10.0 Å². The van der Waals surface area contributed by atoms with Crippen LogP contribution in [0.25, 0.3) is 0 Å². The number of aldehydes is 1. The Bertz CT molecular complexity index is 664. The maximum Gasteiger partial charge on any atom is 0.343 e. The molecule has 0 spiro atoms. The third kappa shape index (κ3) is 3.18. The lowest BCUT2D eigenvalue weighted by atomic mass is 10.1. The zero-order valence-corrected chi connectivity index (χ0v) is 12.0. The van der Waals surface area contributed by atoms with E-state index in [0.717, 1.165) is 5.56 Å². The second-order valence-corrected chi connectivity index (χ2v) is 5.02. The first kappa shape index (κ1) is 14.6. The third-order valence-corrected chi connectivity index (χ3v) is 3.15. The summed E-state index contributed by atoms with van der Waals surface area (Å²) in [4.78, 5) is 23.0. The number of esters is 1. The molecule has 0 aliphatic rings. The molecule has 2 aromatic carbocycles. The second-order valence-electron chi connectivity index (χ2n) is 4.18. The number of ether oxygens (including phenoxy) is 1. The van der Waals surface area contributed by atoms with Crippen molar-refractivity contribution in [2.75, 3.05) is 0 Å².